The Balaban J connectivity index is 1.57. The van der Waals surface area contributed by atoms with Crippen LogP contribution in [0.1, 0.15) is 48.3 Å². The molecule has 6 nitrogen and oxygen atoms in total. The van der Waals surface area contributed by atoms with Crippen LogP contribution in [-0.4, -0.2) is 44.6 Å². The minimum absolute atomic E-state index is 0.163. The molecule has 0 aromatic carbocycles. The summed E-state index contributed by atoms with van der Waals surface area (Å²) >= 11 is 1.60. The third-order valence-corrected chi connectivity index (χ3v) is 7.25. The second kappa shape index (κ2) is 7.79. The van der Waals surface area contributed by atoms with Crippen molar-refractivity contribution in [3.05, 3.63) is 46.2 Å². The highest BCUT2D eigenvalue weighted by Crippen LogP contribution is 2.51. The molecule has 2 aromatic rings. The van der Waals surface area contributed by atoms with Crippen molar-refractivity contribution in [3.8, 4) is 0 Å². The first-order valence-electron chi connectivity index (χ1n) is 10.1. The number of aromatic amines is 1. The lowest BCUT2D eigenvalue weighted by atomic mass is 9.70. The number of nitrogens with zero attached hydrogens (tertiary/aromatic N) is 3. The summed E-state index contributed by atoms with van der Waals surface area (Å²) in [4.78, 5) is 20.7. The van der Waals surface area contributed by atoms with Crippen LogP contribution in [0.25, 0.3) is 0 Å². The molecular formula is C21H29N5OS. The molecule has 28 heavy (non-hydrogen) atoms. The molecule has 0 spiro atoms. The van der Waals surface area contributed by atoms with E-state index in [4.69, 9.17) is 0 Å². The van der Waals surface area contributed by atoms with Crippen molar-refractivity contribution in [2.45, 2.75) is 64.6 Å². The number of nitrogens with one attached hydrogen (secondary N) is 2. The number of rotatable bonds is 8. The first kappa shape index (κ1) is 19.3. The number of carbonyl (C=O) groups excluding carboxylic acids is 1. The number of thiazole rings is 1. The van der Waals surface area contributed by atoms with Gasteiger partial charge in [-0.25, -0.2) is 4.98 Å². The van der Waals surface area contributed by atoms with E-state index in [1.54, 1.807) is 11.3 Å². The normalized spacial score (nSPS) is 26.6. The van der Waals surface area contributed by atoms with Gasteiger partial charge in [-0.05, 0) is 39.5 Å². The molecule has 2 aromatic heterocycles. The Bertz CT molecular complexity index is 826. The molecule has 150 valence electrons. The minimum Gasteiger partial charge on any atom is -0.351 e. The Morgan fingerprint density at radius 1 is 1.50 bits per heavy atom. The largest absolute Gasteiger partial charge is 0.351 e. The van der Waals surface area contributed by atoms with Crippen molar-refractivity contribution >= 4 is 17.2 Å². The van der Waals surface area contributed by atoms with Gasteiger partial charge in [-0.2, -0.15) is 5.10 Å². The van der Waals surface area contributed by atoms with Crippen molar-refractivity contribution in [1.82, 2.24) is 25.4 Å². The average molecular weight is 400 g/mol. The number of amides is 1. The maximum Gasteiger partial charge on any atom is 0.228 e. The number of hydrogen-bond acceptors (Lipinski definition) is 5. The Labute approximate surface area is 170 Å². The van der Waals surface area contributed by atoms with E-state index < -0.39 is 5.41 Å². The molecule has 0 unspecified atom stereocenters. The lowest BCUT2D eigenvalue weighted by Gasteiger charge is -2.36. The van der Waals surface area contributed by atoms with E-state index in [1.165, 1.54) is 6.42 Å². The number of H-pyrrole nitrogens is 1. The van der Waals surface area contributed by atoms with Crippen molar-refractivity contribution in [2.24, 2.45) is 5.41 Å². The standard InChI is InChI=1S/C21H29N5OS/c1-4-5-8-26-17-6-7-19(26)21(10-17,9-16-12-28-13-23-16)20(27)22-11-18-14(2)24-25-15(18)3/h4,12-13,17,19H,1,5-11H2,2-3H3,(H,22,27)(H,24,25)/t17-,19+,21+/m1/s1. The first-order chi connectivity index (χ1) is 13.5. The lowest BCUT2D eigenvalue weighted by molar-refractivity contribution is -0.133. The predicted molar refractivity (Wildman–Crippen MR) is 111 cm³/mol. The van der Waals surface area contributed by atoms with Crippen LogP contribution in [-0.2, 0) is 17.8 Å². The Morgan fingerprint density at radius 2 is 2.36 bits per heavy atom. The van der Waals surface area contributed by atoms with Gasteiger partial charge >= 0.3 is 0 Å². The van der Waals surface area contributed by atoms with Gasteiger partial charge < -0.3 is 5.32 Å². The van der Waals surface area contributed by atoms with Gasteiger partial charge in [0.05, 0.1) is 22.3 Å². The molecule has 2 aliphatic rings. The van der Waals surface area contributed by atoms with Gasteiger partial charge in [0.25, 0.3) is 0 Å². The summed E-state index contributed by atoms with van der Waals surface area (Å²) < 4.78 is 0. The van der Waals surface area contributed by atoms with Crippen LogP contribution in [0.15, 0.2) is 23.5 Å². The Morgan fingerprint density at radius 3 is 3.04 bits per heavy atom. The van der Waals surface area contributed by atoms with Crippen LogP contribution >= 0.6 is 11.3 Å². The molecule has 2 fully saturated rings. The summed E-state index contributed by atoms with van der Waals surface area (Å²) in [5.41, 5.74) is 5.56. The zero-order chi connectivity index (χ0) is 19.7. The smallest absolute Gasteiger partial charge is 0.228 e. The minimum atomic E-state index is -0.399. The van der Waals surface area contributed by atoms with Gasteiger partial charge in [0.1, 0.15) is 0 Å². The molecule has 0 aliphatic carbocycles. The highest BCUT2D eigenvalue weighted by molar-refractivity contribution is 7.07. The quantitative estimate of drug-likeness (QED) is 0.669. The fourth-order valence-electron chi connectivity index (χ4n) is 5.23. The van der Waals surface area contributed by atoms with Gasteiger partial charge in [-0.3, -0.25) is 14.8 Å². The van der Waals surface area contributed by atoms with Crippen LogP contribution < -0.4 is 5.32 Å². The van der Waals surface area contributed by atoms with Gasteiger partial charge in [0, 0.05) is 48.2 Å². The number of fused-ring (bicyclic) bond motifs is 2. The molecular weight excluding hydrogens is 370 g/mol. The molecule has 2 N–H and O–H groups in total. The molecule has 1 amide bonds. The Hall–Kier alpha value is -1.99. The molecule has 0 radical (unpaired) electrons. The number of aromatic nitrogens is 3. The van der Waals surface area contributed by atoms with Crippen LogP contribution in [0.3, 0.4) is 0 Å². The van der Waals surface area contributed by atoms with Crippen LogP contribution in [0.2, 0.25) is 0 Å². The zero-order valence-corrected chi connectivity index (χ0v) is 17.5. The molecule has 2 bridgehead atoms. The molecule has 4 heterocycles. The molecule has 2 aliphatic heterocycles. The van der Waals surface area contributed by atoms with Crippen LogP contribution in [0.5, 0.6) is 0 Å². The van der Waals surface area contributed by atoms with Crippen molar-refractivity contribution in [2.75, 3.05) is 6.54 Å². The molecule has 4 rings (SSSR count). The average Bonchev–Trinajstić information content (AvgIpc) is 3.45. The van der Waals surface area contributed by atoms with Crippen LogP contribution in [0.4, 0.5) is 0 Å². The molecule has 7 heteroatoms. The van der Waals surface area contributed by atoms with Gasteiger partial charge in [0.15, 0.2) is 0 Å². The predicted octanol–water partition coefficient (Wildman–Crippen LogP) is 3.14. The summed E-state index contributed by atoms with van der Waals surface area (Å²) in [6.45, 7) is 9.37. The molecule has 0 saturated carbocycles. The van der Waals surface area contributed by atoms with E-state index in [2.05, 4.69) is 37.4 Å². The summed E-state index contributed by atoms with van der Waals surface area (Å²) in [5.74, 6) is 0.163. The maximum atomic E-state index is 13.6. The fourth-order valence-corrected chi connectivity index (χ4v) is 5.78. The number of hydrogen-bond donors (Lipinski definition) is 2. The van der Waals surface area contributed by atoms with Gasteiger partial charge in [-0.1, -0.05) is 6.08 Å². The summed E-state index contributed by atoms with van der Waals surface area (Å²) in [5, 5.41) is 12.6. The Kier molecular flexibility index (Phi) is 5.38. The number of aryl methyl sites for hydroxylation is 2. The van der Waals surface area contributed by atoms with E-state index >= 15 is 0 Å². The number of carbonyl (C=O) groups is 1. The molecule has 2 saturated heterocycles. The summed E-state index contributed by atoms with van der Waals surface area (Å²) in [6, 6.07) is 0.775. The summed E-state index contributed by atoms with van der Waals surface area (Å²) in [6.07, 6.45) is 6.86. The van der Waals surface area contributed by atoms with Gasteiger partial charge in [0.2, 0.25) is 5.91 Å². The van der Waals surface area contributed by atoms with Crippen molar-refractivity contribution in [3.63, 3.8) is 0 Å². The third kappa shape index (κ3) is 3.31. The topological polar surface area (TPSA) is 73.9 Å². The second-order valence-corrected chi connectivity index (χ2v) is 8.89. The first-order valence-corrected chi connectivity index (χ1v) is 11.0. The van der Waals surface area contributed by atoms with Crippen molar-refractivity contribution < 1.29 is 4.79 Å². The van der Waals surface area contributed by atoms with Crippen molar-refractivity contribution in [1.29, 1.82) is 0 Å². The third-order valence-electron chi connectivity index (χ3n) is 6.61. The van der Waals surface area contributed by atoms with Crippen LogP contribution in [0, 0.1) is 19.3 Å². The maximum absolute atomic E-state index is 13.6. The van der Waals surface area contributed by atoms with E-state index in [0.29, 0.717) is 12.6 Å². The lowest BCUT2D eigenvalue weighted by Crippen LogP contribution is -2.50. The SMILES string of the molecule is C=CCCN1[C@@H]2CC[C@H]1[C@@](Cc1cscn1)(C(=O)NCc1c(C)n[nH]c1C)C2. The monoisotopic (exact) mass is 399 g/mol. The van der Waals surface area contributed by atoms with E-state index in [0.717, 1.165) is 54.9 Å². The zero-order valence-electron chi connectivity index (χ0n) is 16.7. The van der Waals surface area contributed by atoms with E-state index in [1.807, 2.05) is 25.4 Å². The van der Waals surface area contributed by atoms with E-state index in [-0.39, 0.29) is 11.9 Å². The van der Waals surface area contributed by atoms with Gasteiger partial charge in [-0.15, -0.1) is 17.9 Å². The fraction of sp³-hybridized carbons (Fsp3) is 0.571. The summed E-state index contributed by atoms with van der Waals surface area (Å²) in [7, 11) is 0. The highest BCUT2D eigenvalue weighted by atomic mass is 32.1. The second-order valence-electron chi connectivity index (χ2n) is 8.17. The molecule has 3 atom stereocenters. The highest BCUT2D eigenvalue weighted by Gasteiger charge is 2.59. The van der Waals surface area contributed by atoms with E-state index in [9.17, 15) is 4.79 Å².